The normalized spacial score (nSPS) is 13.8. The SMILES string of the molecule is CC/C=C\C/C=C\C/C=C\C/C=C\C/C=C\CCCCCCCCCCCCCCCCCC(=O)OC(COC(=O)CCCCCCCCCCCC/C=C\C/C=C\C/C=C\CCCCCCC)COP(=O)(O)OCC[N+](C)(C)C. The van der Waals surface area contributed by atoms with Gasteiger partial charge in [-0.3, -0.25) is 18.6 Å². The number of phosphoric acid groups is 1. The first-order chi connectivity index (χ1) is 39.0. The number of ether oxygens (including phenoxy) is 2. The van der Waals surface area contributed by atoms with E-state index < -0.39 is 26.5 Å². The highest BCUT2D eigenvalue weighted by Gasteiger charge is 2.27. The van der Waals surface area contributed by atoms with Gasteiger partial charge in [0.2, 0.25) is 0 Å². The van der Waals surface area contributed by atoms with E-state index in [9.17, 15) is 19.0 Å². The third kappa shape index (κ3) is 64.1. The molecule has 2 atom stereocenters. The van der Waals surface area contributed by atoms with Gasteiger partial charge in [0, 0.05) is 12.8 Å². The van der Waals surface area contributed by atoms with E-state index >= 15 is 0 Å². The highest BCUT2D eigenvalue weighted by molar-refractivity contribution is 7.47. The molecule has 0 aromatic rings. The number of unbranched alkanes of at least 4 members (excludes halogenated alkanes) is 30. The van der Waals surface area contributed by atoms with Gasteiger partial charge in [0.25, 0.3) is 0 Å². The molecule has 0 rings (SSSR count). The van der Waals surface area contributed by atoms with Gasteiger partial charge in [-0.05, 0) is 96.3 Å². The van der Waals surface area contributed by atoms with Gasteiger partial charge in [-0.2, -0.15) is 0 Å². The molecule has 462 valence electrons. The molecule has 10 heteroatoms. The second-order valence-electron chi connectivity index (χ2n) is 23.1. The minimum absolute atomic E-state index is 0.0280. The number of rotatable bonds is 60. The third-order valence-corrected chi connectivity index (χ3v) is 15.1. The van der Waals surface area contributed by atoms with Crippen LogP contribution in [-0.2, 0) is 32.7 Å². The maximum Gasteiger partial charge on any atom is 0.472 e. The lowest BCUT2D eigenvalue weighted by atomic mass is 10.0. The second kappa shape index (κ2) is 60.5. The van der Waals surface area contributed by atoms with Crippen molar-refractivity contribution >= 4 is 19.8 Å². The molecule has 0 aromatic heterocycles. The molecule has 0 bridgehead atoms. The van der Waals surface area contributed by atoms with E-state index in [1.54, 1.807) is 0 Å². The smallest absolute Gasteiger partial charge is 0.462 e. The van der Waals surface area contributed by atoms with Gasteiger partial charge in [-0.25, -0.2) is 4.57 Å². The van der Waals surface area contributed by atoms with Crippen LogP contribution in [0.2, 0.25) is 0 Å². The maximum atomic E-state index is 12.9. The lowest BCUT2D eigenvalue weighted by molar-refractivity contribution is -0.870. The number of carbonyl (C=O) groups excluding carboxylic acids is 2. The van der Waals surface area contributed by atoms with E-state index in [4.69, 9.17) is 18.5 Å². The maximum absolute atomic E-state index is 12.9. The number of quaternary nitrogens is 1. The lowest BCUT2D eigenvalue weighted by Crippen LogP contribution is -2.37. The molecule has 0 aliphatic heterocycles. The van der Waals surface area contributed by atoms with Crippen LogP contribution in [0.4, 0.5) is 0 Å². The summed E-state index contributed by atoms with van der Waals surface area (Å²) in [4.78, 5) is 35.8. The summed E-state index contributed by atoms with van der Waals surface area (Å²) in [5, 5.41) is 0. The molecule has 0 radical (unpaired) electrons. The van der Waals surface area contributed by atoms with Gasteiger partial charge in [0.1, 0.15) is 19.8 Å². The van der Waals surface area contributed by atoms with Crippen LogP contribution in [0.3, 0.4) is 0 Å². The Labute approximate surface area is 493 Å². The van der Waals surface area contributed by atoms with Crippen LogP contribution < -0.4 is 0 Å². The average Bonchev–Trinajstić information content (AvgIpc) is 3.42. The number of nitrogens with zero attached hydrogens (tertiary/aromatic N) is 1. The topological polar surface area (TPSA) is 108 Å². The fraction of sp³-hybridized carbons (Fsp3) is 0.743. The molecule has 1 N–H and O–H groups in total. The van der Waals surface area contributed by atoms with Crippen LogP contribution in [0.25, 0.3) is 0 Å². The fourth-order valence-corrected chi connectivity index (χ4v) is 9.79. The Morgan fingerprint density at radius 2 is 0.713 bits per heavy atom. The van der Waals surface area contributed by atoms with Gasteiger partial charge < -0.3 is 18.9 Å². The largest absolute Gasteiger partial charge is 0.472 e. The van der Waals surface area contributed by atoms with Crippen LogP contribution in [0.15, 0.2) is 97.2 Å². The highest BCUT2D eigenvalue weighted by atomic mass is 31.2. The van der Waals surface area contributed by atoms with Crippen LogP contribution in [0.1, 0.15) is 284 Å². The first kappa shape index (κ1) is 76.9. The molecule has 0 saturated heterocycles. The molecule has 0 fully saturated rings. The molecule has 0 aliphatic carbocycles. The molecule has 0 aliphatic rings. The Morgan fingerprint density at radius 1 is 0.400 bits per heavy atom. The van der Waals surface area contributed by atoms with Crippen molar-refractivity contribution in [3.63, 3.8) is 0 Å². The van der Waals surface area contributed by atoms with Crippen molar-refractivity contribution in [3.05, 3.63) is 97.2 Å². The Kier molecular flexibility index (Phi) is 58.2. The summed E-state index contributed by atoms with van der Waals surface area (Å²) in [5.74, 6) is -0.798. The predicted molar refractivity (Wildman–Crippen MR) is 344 cm³/mol. The third-order valence-electron chi connectivity index (χ3n) is 14.1. The first-order valence-corrected chi connectivity index (χ1v) is 34.5. The lowest BCUT2D eigenvalue weighted by Gasteiger charge is -2.24. The summed E-state index contributed by atoms with van der Waals surface area (Å²) in [5.41, 5.74) is 0. The molecular formula is C70H125NO8P+. The van der Waals surface area contributed by atoms with Gasteiger partial charge in [-0.15, -0.1) is 0 Å². The Bertz CT molecular complexity index is 1670. The van der Waals surface area contributed by atoms with Crippen LogP contribution in [0.5, 0.6) is 0 Å². The molecule has 0 amide bonds. The monoisotopic (exact) mass is 1140 g/mol. The summed E-state index contributed by atoms with van der Waals surface area (Å²) in [6.45, 7) is 4.33. The summed E-state index contributed by atoms with van der Waals surface area (Å²) in [7, 11) is 1.47. The quantitative estimate of drug-likeness (QED) is 0.0211. The summed E-state index contributed by atoms with van der Waals surface area (Å²) in [6.07, 6.45) is 83.5. The van der Waals surface area contributed by atoms with E-state index in [1.807, 2.05) is 21.1 Å². The Hall–Kier alpha value is -3.07. The van der Waals surface area contributed by atoms with E-state index in [2.05, 4.69) is 111 Å². The zero-order valence-electron chi connectivity index (χ0n) is 52.5. The van der Waals surface area contributed by atoms with Gasteiger partial charge in [0.15, 0.2) is 6.10 Å². The minimum Gasteiger partial charge on any atom is -0.462 e. The average molecular weight is 1140 g/mol. The zero-order chi connectivity index (χ0) is 58.4. The number of hydrogen-bond acceptors (Lipinski definition) is 7. The van der Waals surface area contributed by atoms with Gasteiger partial charge in [0.05, 0.1) is 27.7 Å². The van der Waals surface area contributed by atoms with Gasteiger partial charge in [-0.1, -0.05) is 272 Å². The number of carbonyl (C=O) groups is 2. The molecule has 80 heavy (non-hydrogen) atoms. The van der Waals surface area contributed by atoms with Crippen molar-refractivity contribution in [3.8, 4) is 0 Å². The van der Waals surface area contributed by atoms with Crippen LogP contribution in [0, 0.1) is 0 Å². The standard InChI is InChI=1S/C70H124NO8P/c1-6-8-10-12-14-16-18-20-22-24-26-28-30-32-33-34-35-36-37-39-41-43-45-47-49-51-53-55-57-59-61-63-70(73)79-68(67-78-80(74,75)77-65-64-71(3,4)5)66-76-69(72)62-60-58-56-54-52-50-48-46-44-42-40-38-31-29-27-25-23-21-19-17-15-13-11-9-7-2/h8,10,14,16,19-22,25-28,31-33,38,68H,6-7,9,11-13,15,17-18,23-24,29-30,34-37,39-67H2,1-5H3/p+1/b10-8-,16-14-,21-19-,22-20-,27-25-,28-26-,33-32-,38-31-. The van der Waals surface area contributed by atoms with E-state index in [0.717, 1.165) is 83.5 Å². The number of allylic oxidation sites excluding steroid dienone is 16. The fourth-order valence-electron chi connectivity index (χ4n) is 9.05. The summed E-state index contributed by atoms with van der Waals surface area (Å²) < 4.78 is 34.7. The second-order valence-corrected chi connectivity index (χ2v) is 24.6. The minimum atomic E-state index is -4.40. The van der Waals surface area contributed by atoms with Crippen molar-refractivity contribution in [1.82, 2.24) is 0 Å². The first-order valence-electron chi connectivity index (χ1n) is 33.0. The van der Waals surface area contributed by atoms with Crippen molar-refractivity contribution < 1.29 is 42.1 Å². The van der Waals surface area contributed by atoms with E-state index in [0.29, 0.717) is 17.4 Å². The highest BCUT2D eigenvalue weighted by Crippen LogP contribution is 2.43. The Morgan fingerprint density at radius 3 is 1.06 bits per heavy atom. The molecule has 2 unspecified atom stereocenters. The van der Waals surface area contributed by atoms with Gasteiger partial charge >= 0.3 is 19.8 Å². The van der Waals surface area contributed by atoms with Crippen LogP contribution in [-0.4, -0.2) is 74.9 Å². The molecule has 0 saturated carbocycles. The molecule has 0 aromatic carbocycles. The molecular weight excluding hydrogens is 1010 g/mol. The van der Waals surface area contributed by atoms with E-state index in [1.165, 1.54) is 167 Å². The van der Waals surface area contributed by atoms with Crippen LogP contribution >= 0.6 is 7.82 Å². The molecule has 9 nitrogen and oxygen atoms in total. The van der Waals surface area contributed by atoms with E-state index in [-0.39, 0.29) is 32.0 Å². The Balaban J connectivity index is 4.10. The van der Waals surface area contributed by atoms with Crippen molar-refractivity contribution in [1.29, 1.82) is 0 Å². The summed E-state index contributed by atoms with van der Waals surface area (Å²) >= 11 is 0. The van der Waals surface area contributed by atoms with Crippen molar-refractivity contribution in [2.45, 2.75) is 290 Å². The number of likely N-dealkylation sites (N-methyl/N-ethyl adjacent to an activating group) is 1. The molecule has 0 heterocycles. The predicted octanol–water partition coefficient (Wildman–Crippen LogP) is 21.2. The number of phosphoric ester groups is 1. The van der Waals surface area contributed by atoms with Crippen molar-refractivity contribution in [2.75, 3.05) is 47.5 Å². The zero-order valence-corrected chi connectivity index (χ0v) is 53.4. The van der Waals surface area contributed by atoms with Crippen molar-refractivity contribution in [2.24, 2.45) is 0 Å². The molecule has 0 spiro atoms. The number of hydrogen-bond donors (Lipinski definition) is 1. The number of esters is 2. The summed E-state index contributed by atoms with van der Waals surface area (Å²) in [6, 6.07) is 0.